The number of nitrogens with zero attached hydrogens (tertiary/aromatic N) is 4. The van der Waals surface area contributed by atoms with Crippen molar-refractivity contribution in [2.45, 2.75) is 364 Å². The quantitative estimate of drug-likeness (QED) is 0.0360. The van der Waals surface area contributed by atoms with Crippen LogP contribution in [0.5, 0.6) is 0 Å². The van der Waals surface area contributed by atoms with Gasteiger partial charge in [-0.15, -0.1) is 11.3 Å². The number of anilines is 4. The minimum absolute atomic E-state index is 1.15. The molecule has 0 fully saturated rings. The van der Waals surface area contributed by atoms with Gasteiger partial charge < -0.3 is 19.6 Å². The van der Waals surface area contributed by atoms with Crippen LogP contribution in [0.4, 0.5) is 22.7 Å². The van der Waals surface area contributed by atoms with E-state index >= 15 is 0 Å². The van der Waals surface area contributed by atoms with Crippen LogP contribution < -0.4 is 19.6 Å². The molecule has 0 amide bonds. The normalized spacial score (nSPS) is 11.4. The molecule has 0 spiro atoms. The Balaban J connectivity index is 1.59. The molecule has 5 aromatic rings. The van der Waals surface area contributed by atoms with Gasteiger partial charge in [-0.25, -0.2) is 0 Å². The minimum Gasteiger partial charge on any atom is -0.372 e. The fourth-order valence-electron chi connectivity index (χ4n) is 15.0. The van der Waals surface area contributed by atoms with Crippen LogP contribution in [0.1, 0.15) is 396 Å². The lowest BCUT2D eigenvalue weighted by Crippen LogP contribution is -2.25. The van der Waals surface area contributed by atoms with Gasteiger partial charge in [-0.3, -0.25) is 0 Å². The molecule has 101 heavy (non-hydrogen) atoms. The second-order valence-electron chi connectivity index (χ2n) is 30.6. The number of hydrogen-bond acceptors (Lipinski definition) is 5. The standard InChI is InChI=1S/C96H156N4S/c1-9-17-25-33-41-49-75-97(76-50-42-34-26-18-10-2)89-65-57-85(58-66-89)95(86-59-67-90(68-60-86)98(77-51-43-35-27-19-11-3)78-52-44-36-28-20-12-4)83-93-73-74-94(101-93)84-96(87-61-69-91(70-62-87)99(79-53-45-37-29-21-13-5)80-54-46-38-30-22-14-6)88-63-71-92(72-64-88)100(81-55-47-39-31-23-15-7)82-56-48-40-32-24-16-8/h57-74,83-84H,9-56,75-82H2,1-8H3. The van der Waals surface area contributed by atoms with E-state index in [1.54, 1.807) is 0 Å². The predicted molar refractivity (Wildman–Crippen MR) is 460 cm³/mol. The second-order valence-corrected chi connectivity index (χ2v) is 31.8. The molecular weight excluding hydrogens is 1240 g/mol. The number of benzene rings is 4. The summed E-state index contributed by atoms with van der Waals surface area (Å²) < 4.78 is 0. The number of rotatable bonds is 66. The molecule has 0 unspecified atom stereocenters. The topological polar surface area (TPSA) is 13.0 Å². The zero-order valence-electron chi connectivity index (χ0n) is 67.3. The molecule has 1 aromatic heterocycles. The Bertz CT molecular complexity index is 2340. The Hall–Kier alpha value is -4.74. The van der Waals surface area contributed by atoms with Gasteiger partial charge in [-0.2, -0.15) is 0 Å². The van der Waals surface area contributed by atoms with Crippen molar-refractivity contribution in [2.24, 2.45) is 0 Å². The zero-order chi connectivity index (χ0) is 71.7. The first-order valence-electron chi connectivity index (χ1n) is 43.8. The van der Waals surface area contributed by atoms with Crippen LogP contribution in [0.25, 0.3) is 23.3 Å². The molecule has 0 aliphatic heterocycles. The first-order valence-corrected chi connectivity index (χ1v) is 44.7. The summed E-state index contributed by atoms with van der Waals surface area (Å²) in [5.41, 5.74) is 13.3. The lowest BCUT2D eigenvalue weighted by molar-refractivity contribution is 0.575. The van der Waals surface area contributed by atoms with Gasteiger partial charge >= 0.3 is 0 Å². The molecule has 0 N–H and O–H groups in total. The van der Waals surface area contributed by atoms with Crippen LogP contribution in [0.3, 0.4) is 0 Å². The Morgan fingerprint density at radius 1 is 0.198 bits per heavy atom. The molecule has 0 bridgehead atoms. The highest BCUT2D eigenvalue weighted by Gasteiger charge is 2.17. The van der Waals surface area contributed by atoms with Crippen molar-refractivity contribution in [3.8, 4) is 0 Å². The Morgan fingerprint density at radius 3 is 0.505 bits per heavy atom. The van der Waals surface area contributed by atoms with Crippen molar-refractivity contribution in [2.75, 3.05) is 72.0 Å². The van der Waals surface area contributed by atoms with E-state index in [0.717, 1.165) is 52.4 Å². The van der Waals surface area contributed by atoms with E-state index in [2.05, 4.69) is 196 Å². The van der Waals surface area contributed by atoms with Crippen molar-refractivity contribution >= 4 is 57.4 Å². The van der Waals surface area contributed by atoms with Crippen molar-refractivity contribution in [1.29, 1.82) is 0 Å². The molecule has 566 valence electrons. The van der Waals surface area contributed by atoms with E-state index in [1.165, 1.54) is 374 Å². The Labute approximate surface area is 630 Å². The molecule has 0 aliphatic carbocycles. The highest BCUT2D eigenvalue weighted by Crippen LogP contribution is 2.36. The van der Waals surface area contributed by atoms with Crippen LogP contribution in [0.15, 0.2) is 109 Å². The van der Waals surface area contributed by atoms with Gasteiger partial charge in [0.05, 0.1) is 0 Å². The SMILES string of the molecule is CCCCCCCCN(CCCCCCCC)c1ccc(C(=Cc2ccc(C=C(c3ccc(N(CCCCCCCC)CCCCCCCC)cc3)c3ccc(N(CCCCCCCC)CCCCCCCC)cc3)s2)c2ccc(N(CCCCCCCC)CCCCCCCC)cc2)cc1. The Kier molecular flexibility index (Phi) is 50.4. The zero-order valence-corrected chi connectivity index (χ0v) is 68.2. The van der Waals surface area contributed by atoms with E-state index in [0.29, 0.717) is 0 Å². The number of unbranched alkanes of at least 4 members (excludes halogenated alkanes) is 40. The first-order chi connectivity index (χ1) is 49.9. The van der Waals surface area contributed by atoms with Crippen molar-refractivity contribution < 1.29 is 0 Å². The lowest BCUT2D eigenvalue weighted by atomic mass is 9.96. The average molecular weight is 1400 g/mol. The predicted octanol–water partition coefficient (Wildman–Crippen LogP) is 31.0. The van der Waals surface area contributed by atoms with Crippen LogP contribution in [0.2, 0.25) is 0 Å². The summed E-state index contributed by atoms with van der Waals surface area (Å²) in [6.07, 6.45) is 69.0. The minimum atomic E-state index is 1.15. The summed E-state index contributed by atoms with van der Waals surface area (Å²) in [5.74, 6) is 0. The summed E-state index contributed by atoms with van der Waals surface area (Å²) in [5, 5.41) is 0. The number of hydrogen-bond donors (Lipinski definition) is 0. The highest BCUT2D eigenvalue weighted by atomic mass is 32.1. The third-order valence-electron chi connectivity index (χ3n) is 21.6. The third-order valence-corrected chi connectivity index (χ3v) is 22.6. The monoisotopic (exact) mass is 1400 g/mol. The molecule has 4 nitrogen and oxygen atoms in total. The second kappa shape index (κ2) is 58.5. The molecule has 0 aliphatic rings. The van der Waals surface area contributed by atoms with Crippen LogP contribution in [-0.2, 0) is 0 Å². The summed E-state index contributed by atoms with van der Waals surface area (Å²) in [6, 6.07) is 44.2. The van der Waals surface area contributed by atoms with Gasteiger partial charge in [-0.05, 0) is 158 Å². The molecule has 5 heteroatoms. The van der Waals surface area contributed by atoms with Gasteiger partial charge in [0.25, 0.3) is 0 Å². The van der Waals surface area contributed by atoms with E-state index in [1.807, 2.05) is 11.3 Å². The van der Waals surface area contributed by atoms with E-state index < -0.39 is 0 Å². The van der Waals surface area contributed by atoms with Gasteiger partial charge in [-0.1, -0.05) is 361 Å². The maximum Gasteiger partial charge on any atom is 0.0366 e. The van der Waals surface area contributed by atoms with Crippen molar-refractivity contribution in [3.63, 3.8) is 0 Å². The lowest BCUT2D eigenvalue weighted by Gasteiger charge is -2.26. The molecule has 5 rings (SSSR count). The summed E-state index contributed by atoms with van der Waals surface area (Å²) in [4.78, 5) is 13.5. The third kappa shape index (κ3) is 37.7. The maximum absolute atomic E-state index is 2.73. The fourth-order valence-corrected chi connectivity index (χ4v) is 15.9. The average Bonchev–Trinajstić information content (AvgIpc) is 1.76. The van der Waals surface area contributed by atoms with Crippen LogP contribution in [-0.4, -0.2) is 52.4 Å². The molecule has 0 saturated carbocycles. The molecule has 0 radical (unpaired) electrons. The summed E-state index contributed by atoms with van der Waals surface area (Å²) in [6.45, 7) is 27.8. The summed E-state index contributed by atoms with van der Waals surface area (Å²) >= 11 is 1.94. The van der Waals surface area contributed by atoms with Crippen molar-refractivity contribution in [1.82, 2.24) is 0 Å². The van der Waals surface area contributed by atoms with E-state index in [9.17, 15) is 0 Å². The summed E-state index contributed by atoms with van der Waals surface area (Å²) in [7, 11) is 0. The smallest absolute Gasteiger partial charge is 0.0366 e. The van der Waals surface area contributed by atoms with Crippen LogP contribution in [0, 0.1) is 0 Å². The van der Waals surface area contributed by atoms with E-state index in [-0.39, 0.29) is 0 Å². The Morgan fingerprint density at radius 2 is 0.347 bits per heavy atom. The van der Waals surface area contributed by atoms with Gasteiger partial charge in [0.1, 0.15) is 0 Å². The first kappa shape index (κ1) is 86.9. The van der Waals surface area contributed by atoms with Gasteiger partial charge in [0.15, 0.2) is 0 Å². The largest absolute Gasteiger partial charge is 0.372 e. The van der Waals surface area contributed by atoms with Crippen LogP contribution >= 0.6 is 11.3 Å². The number of thiophene rings is 1. The van der Waals surface area contributed by atoms with Crippen molar-refractivity contribution in [3.05, 3.63) is 141 Å². The molecular formula is C96H156N4S. The molecule has 4 aromatic carbocycles. The van der Waals surface area contributed by atoms with Gasteiger partial charge in [0, 0.05) is 84.9 Å². The molecule has 0 saturated heterocycles. The van der Waals surface area contributed by atoms with Gasteiger partial charge in [0.2, 0.25) is 0 Å². The molecule has 0 atom stereocenters. The highest BCUT2D eigenvalue weighted by molar-refractivity contribution is 7.13. The molecule has 1 heterocycles. The van der Waals surface area contributed by atoms with E-state index in [4.69, 9.17) is 0 Å². The fraction of sp³-hybridized carbons (Fsp3) is 0.667. The maximum atomic E-state index is 2.73.